The van der Waals surface area contributed by atoms with Gasteiger partial charge in [-0.15, -0.1) is 0 Å². The zero-order valence-corrected chi connectivity index (χ0v) is 12.1. The van der Waals surface area contributed by atoms with Crippen molar-refractivity contribution in [3.8, 4) is 5.75 Å². The molecule has 0 aromatic heterocycles. The van der Waals surface area contributed by atoms with Gasteiger partial charge < -0.3 is 10.5 Å². The number of rotatable bonds is 5. The van der Waals surface area contributed by atoms with Crippen molar-refractivity contribution in [1.29, 1.82) is 0 Å². The number of benzene rings is 2. The van der Waals surface area contributed by atoms with Crippen LogP contribution in [0.15, 0.2) is 42.5 Å². The average Bonchev–Trinajstić information content (AvgIpc) is 2.44. The number of ether oxygens (including phenoxy) is 1. The minimum absolute atomic E-state index is 0.141. The largest absolute Gasteiger partial charge is 0.484 e. The maximum atomic E-state index is 13.3. The third-order valence-corrected chi connectivity index (χ3v) is 3.37. The topological polar surface area (TPSA) is 35.2 Å². The van der Waals surface area contributed by atoms with Crippen molar-refractivity contribution in [3.63, 3.8) is 0 Å². The van der Waals surface area contributed by atoms with E-state index in [2.05, 4.69) is 0 Å². The van der Waals surface area contributed by atoms with Crippen LogP contribution in [0.2, 0.25) is 0 Å². The number of halogens is 2. The predicted molar refractivity (Wildman–Crippen MR) is 79.2 cm³/mol. The first-order chi connectivity index (χ1) is 9.99. The first-order valence-electron chi connectivity index (χ1n) is 6.94. The second-order valence-electron chi connectivity index (χ2n) is 5.13. The lowest BCUT2D eigenvalue weighted by Crippen LogP contribution is -2.31. The van der Waals surface area contributed by atoms with Crippen LogP contribution in [0.5, 0.6) is 5.75 Å². The third-order valence-electron chi connectivity index (χ3n) is 3.37. The van der Waals surface area contributed by atoms with Crippen molar-refractivity contribution < 1.29 is 13.5 Å². The van der Waals surface area contributed by atoms with Crippen LogP contribution >= 0.6 is 0 Å². The highest BCUT2D eigenvalue weighted by atomic mass is 19.1. The van der Waals surface area contributed by atoms with Crippen LogP contribution in [-0.4, -0.2) is 6.04 Å². The van der Waals surface area contributed by atoms with E-state index in [-0.39, 0.29) is 11.8 Å². The summed E-state index contributed by atoms with van der Waals surface area (Å²) in [5, 5.41) is 0. The minimum atomic E-state index is -0.669. The van der Waals surface area contributed by atoms with Gasteiger partial charge in [-0.05, 0) is 18.9 Å². The van der Waals surface area contributed by atoms with Gasteiger partial charge in [0, 0.05) is 24.2 Å². The van der Waals surface area contributed by atoms with E-state index in [0.29, 0.717) is 6.42 Å². The highest BCUT2D eigenvalue weighted by Crippen LogP contribution is 2.27. The first-order valence-corrected chi connectivity index (χ1v) is 6.94. The summed E-state index contributed by atoms with van der Waals surface area (Å²) >= 11 is 0. The lowest BCUT2D eigenvalue weighted by Gasteiger charge is -2.25. The molecule has 0 aliphatic carbocycles. The molecule has 2 unspecified atom stereocenters. The van der Waals surface area contributed by atoms with Gasteiger partial charge in [-0.2, -0.15) is 0 Å². The van der Waals surface area contributed by atoms with Crippen LogP contribution in [0.4, 0.5) is 8.78 Å². The van der Waals surface area contributed by atoms with E-state index in [0.717, 1.165) is 29.3 Å². The molecule has 2 aromatic rings. The van der Waals surface area contributed by atoms with Crippen LogP contribution in [0.3, 0.4) is 0 Å². The van der Waals surface area contributed by atoms with Crippen LogP contribution in [0, 0.1) is 18.6 Å². The molecule has 2 atom stereocenters. The molecule has 2 nitrogen and oxygen atoms in total. The van der Waals surface area contributed by atoms with Crippen molar-refractivity contribution in [2.75, 3.05) is 0 Å². The minimum Gasteiger partial charge on any atom is -0.484 e. The summed E-state index contributed by atoms with van der Waals surface area (Å²) in [6.07, 6.45) is 0.243. The molecular weight excluding hydrogens is 272 g/mol. The summed E-state index contributed by atoms with van der Waals surface area (Å²) < 4.78 is 32.3. The molecule has 2 N–H and O–H groups in total. The van der Waals surface area contributed by atoms with Gasteiger partial charge in [-0.1, -0.05) is 36.8 Å². The maximum absolute atomic E-state index is 13.3. The Morgan fingerprint density at radius 2 is 1.62 bits per heavy atom. The summed E-state index contributed by atoms with van der Waals surface area (Å²) in [4.78, 5) is 0. The lowest BCUT2D eigenvalue weighted by atomic mass is 10.00. The SMILES string of the molecule is CCC(N)C(Oc1cc(F)cc(F)c1)c1ccc(C)cc1. The van der Waals surface area contributed by atoms with E-state index in [1.54, 1.807) is 0 Å². The second-order valence-corrected chi connectivity index (χ2v) is 5.13. The fraction of sp³-hybridized carbons (Fsp3) is 0.294. The summed E-state index contributed by atoms with van der Waals surface area (Å²) in [5.41, 5.74) is 8.11. The van der Waals surface area contributed by atoms with Crippen LogP contribution in [0.25, 0.3) is 0 Å². The zero-order chi connectivity index (χ0) is 15.4. The molecule has 0 radical (unpaired) electrons. The van der Waals surface area contributed by atoms with Gasteiger partial charge in [-0.25, -0.2) is 8.78 Å². The molecule has 21 heavy (non-hydrogen) atoms. The molecule has 0 saturated heterocycles. The quantitative estimate of drug-likeness (QED) is 0.899. The van der Waals surface area contributed by atoms with Crippen molar-refractivity contribution >= 4 is 0 Å². The fourth-order valence-corrected chi connectivity index (χ4v) is 2.12. The highest BCUT2D eigenvalue weighted by molar-refractivity contribution is 5.28. The Morgan fingerprint density at radius 1 is 1.05 bits per heavy atom. The molecule has 0 bridgehead atoms. The molecule has 2 aromatic carbocycles. The van der Waals surface area contributed by atoms with E-state index >= 15 is 0 Å². The Hall–Kier alpha value is -1.94. The molecule has 0 fully saturated rings. The Bertz CT molecular complexity index is 578. The van der Waals surface area contributed by atoms with Gasteiger partial charge in [0.15, 0.2) is 0 Å². The van der Waals surface area contributed by atoms with E-state index < -0.39 is 17.7 Å². The Morgan fingerprint density at radius 3 is 2.14 bits per heavy atom. The summed E-state index contributed by atoms with van der Waals surface area (Å²) in [6.45, 7) is 3.93. The van der Waals surface area contributed by atoms with Gasteiger partial charge in [0.2, 0.25) is 0 Å². The standard InChI is InChI=1S/C17H19F2NO/c1-3-16(20)17(12-6-4-11(2)5-7-12)21-15-9-13(18)8-14(19)10-15/h4-10,16-17H,3,20H2,1-2H3. The van der Waals surface area contributed by atoms with Crippen LogP contribution < -0.4 is 10.5 Å². The smallest absolute Gasteiger partial charge is 0.139 e. The number of hydrogen-bond acceptors (Lipinski definition) is 2. The predicted octanol–water partition coefficient (Wildman–Crippen LogP) is 4.13. The number of hydrogen-bond donors (Lipinski definition) is 1. The van der Waals surface area contributed by atoms with Crippen LogP contribution in [0.1, 0.15) is 30.6 Å². The van der Waals surface area contributed by atoms with Gasteiger partial charge in [0.05, 0.1) is 0 Å². The second kappa shape index (κ2) is 6.68. The maximum Gasteiger partial charge on any atom is 0.139 e. The van der Waals surface area contributed by atoms with E-state index in [9.17, 15) is 8.78 Å². The Balaban J connectivity index is 2.30. The van der Waals surface area contributed by atoms with E-state index in [1.807, 2.05) is 38.1 Å². The normalized spacial score (nSPS) is 13.8. The van der Waals surface area contributed by atoms with Crippen molar-refractivity contribution in [3.05, 3.63) is 65.2 Å². The molecular formula is C17H19F2NO. The Labute approximate surface area is 123 Å². The third kappa shape index (κ3) is 4.02. The monoisotopic (exact) mass is 291 g/mol. The molecule has 0 amide bonds. The zero-order valence-electron chi connectivity index (χ0n) is 12.1. The van der Waals surface area contributed by atoms with E-state index in [1.165, 1.54) is 0 Å². The van der Waals surface area contributed by atoms with Gasteiger partial charge in [-0.3, -0.25) is 0 Å². The van der Waals surface area contributed by atoms with E-state index in [4.69, 9.17) is 10.5 Å². The molecule has 0 aliphatic heterocycles. The molecule has 0 heterocycles. The summed E-state index contributed by atoms with van der Waals surface area (Å²) in [6, 6.07) is 10.6. The number of aryl methyl sites for hydroxylation is 1. The average molecular weight is 291 g/mol. The number of nitrogens with two attached hydrogens (primary N) is 1. The first kappa shape index (κ1) is 15.4. The summed E-state index contributed by atoms with van der Waals surface area (Å²) in [5.74, 6) is -1.20. The molecule has 0 aliphatic rings. The fourth-order valence-electron chi connectivity index (χ4n) is 2.12. The van der Waals surface area contributed by atoms with Crippen molar-refractivity contribution in [2.24, 2.45) is 5.73 Å². The van der Waals surface area contributed by atoms with Gasteiger partial charge in [0.1, 0.15) is 23.5 Å². The molecule has 0 saturated carbocycles. The lowest BCUT2D eigenvalue weighted by molar-refractivity contribution is 0.169. The van der Waals surface area contributed by atoms with Crippen LogP contribution in [-0.2, 0) is 0 Å². The molecule has 2 rings (SSSR count). The summed E-state index contributed by atoms with van der Waals surface area (Å²) in [7, 11) is 0. The van der Waals surface area contributed by atoms with Crippen molar-refractivity contribution in [2.45, 2.75) is 32.4 Å². The highest BCUT2D eigenvalue weighted by Gasteiger charge is 2.21. The molecule has 4 heteroatoms. The van der Waals surface area contributed by atoms with Gasteiger partial charge >= 0.3 is 0 Å². The Kier molecular flexibility index (Phi) is 4.91. The molecule has 0 spiro atoms. The molecule has 112 valence electrons. The van der Waals surface area contributed by atoms with Crippen molar-refractivity contribution in [1.82, 2.24) is 0 Å². The van der Waals surface area contributed by atoms with Gasteiger partial charge in [0.25, 0.3) is 0 Å².